The molecule has 16 aromatic carbocycles. The van der Waals surface area contributed by atoms with Crippen molar-refractivity contribution >= 4 is 64.6 Å². The Balaban J connectivity index is 0.000000112. The molecule has 16 aromatic rings. The Kier molecular flexibility index (Phi) is 20.0. The van der Waals surface area contributed by atoms with Crippen LogP contribution in [-0.4, -0.2) is 0 Å². The molecular weight excluding hydrogens is 1080 g/mol. The minimum atomic E-state index is 1.27. The zero-order valence-electron chi connectivity index (χ0n) is 52.5. The standard InChI is InChI=1S/2C19H16.2C15H12.2C11H10/c1-15-9-8-14-18(16-10-4-2-5-11-16)19(15)17-12-6-3-7-13-17;1-15-12-13-18(16-8-4-2-5-9-16)19(14-15)17-10-6-3-7-11-17;1-11-5-4-8-14-9-12-6-2-3-7-13(12)10-15(11)14;1-11-6-7-14-9-12-4-2-3-5-13(12)10-15(14)8-11;1-9-5-4-7-10-6-2-3-8-11(9)10;1-9-6-7-10-4-2-3-5-11(10)8-9/h2*2-14H,1H3;2*2-10H,1H3;2*2-8H,1H3. The van der Waals surface area contributed by atoms with Gasteiger partial charge < -0.3 is 0 Å². The molecule has 0 radical (unpaired) electrons. The highest BCUT2D eigenvalue weighted by atomic mass is 14.1. The lowest BCUT2D eigenvalue weighted by Gasteiger charge is -2.13. The minimum absolute atomic E-state index is 1.27. The minimum Gasteiger partial charge on any atom is -0.0622 e. The summed E-state index contributed by atoms with van der Waals surface area (Å²) in [7, 11) is 0. The van der Waals surface area contributed by atoms with Crippen LogP contribution in [0.25, 0.3) is 109 Å². The number of aryl methyl sites for hydroxylation is 6. The topological polar surface area (TPSA) is 0 Å². The molecular formula is C90H76. The molecule has 0 heteroatoms. The highest BCUT2D eigenvalue weighted by Gasteiger charge is 2.10. The molecule has 0 atom stereocenters. The molecule has 0 nitrogen and oxygen atoms in total. The van der Waals surface area contributed by atoms with Crippen LogP contribution in [0.3, 0.4) is 0 Å². The summed E-state index contributed by atoms with van der Waals surface area (Å²) in [5.41, 5.74) is 18.2. The van der Waals surface area contributed by atoms with Gasteiger partial charge in [-0.15, -0.1) is 0 Å². The maximum absolute atomic E-state index is 2.28. The Morgan fingerprint density at radius 2 is 0.500 bits per heavy atom. The van der Waals surface area contributed by atoms with E-state index in [0.717, 1.165) is 0 Å². The predicted octanol–water partition coefficient (Wildman–Crippen LogP) is 25.6. The van der Waals surface area contributed by atoms with Crippen LogP contribution in [0, 0.1) is 41.5 Å². The first-order valence-electron chi connectivity index (χ1n) is 31.2. The molecule has 0 aliphatic heterocycles. The third-order valence-corrected chi connectivity index (χ3v) is 16.5. The van der Waals surface area contributed by atoms with E-state index in [4.69, 9.17) is 0 Å². The van der Waals surface area contributed by atoms with E-state index in [9.17, 15) is 0 Å². The summed E-state index contributed by atoms with van der Waals surface area (Å²) in [6, 6.07) is 124. The summed E-state index contributed by atoms with van der Waals surface area (Å²) >= 11 is 0. The largest absolute Gasteiger partial charge is 0.0622 e. The number of hydrogen-bond donors (Lipinski definition) is 0. The summed E-state index contributed by atoms with van der Waals surface area (Å²) in [4.78, 5) is 0. The monoisotopic (exact) mass is 1160 g/mol. The van der Waals surface area contributed by atoms with E-state index in [0.29, 0.717) is 0 Å². The zero-order valence-corrected chi connectivity index (χ0v) is 52.5. The Hall–Kier alpha value is -10.9. The van der Waals surface area contributed by atoms with Crippen LogP contribution < -0.4 is 0 Å². The first-order chi connectivity index (χ1) is 44.1. The zero-order chi connectivity index (χ0) is 62.0. The first-order valence-corrected chi connectivity index (χ1v) is 31.2. The van der Waals surface area contributed by atoms with Crippen molar-refractivity contribution in [2.75, 3.05) is 0 Å². The van der Waals surface area contributed by atoms with Gasteiger partial charge in [-0.1, -0.05) is 344 Å². The Bertz CT molecular complexity index is 4920. The van der Waals surface area contributed by atoms with Crippen LogP contribution in [0.1, 0.15) is 33.4 Å². The molecule has 0 fully saturated rings. The van der Waals surface area contributed by atoms with Gasteiger partial charge in [-0.2, -0.15) is 0 Å². The third-order valence-electron chi connectivity index (χ3n) is 16.5. The maximum Gasteiger partial charge on any atom is -0.00761 e. The maximum atomic E-state index is 2.28. The van der Waals surface area contributed by atoms with Gasteiger partial charge in [0.05, 0.1) is 0 Å². The lowest BCUT2D eigenvalue weighted by Crippen LogP contribution is -1.88. The molecule has 0 saturated heterocycles. The van der Waals surface area contributed by atoms with Crippen molar-refractivity contribution in [1.29, 1.82) is 0 Å². The summed E-state index contributed by atoms with van der Waals surface area (Å²) in [5, 5.41) is 15.9. The highest BCUT2D eigenvalue weighted by Crippen LogP contribution is 2.36. The van der Waals surface area contributed by atoms with E-state index >= 15 is 0 Å². The van der Waals surface area contributed by atoms with Crippen molar-refractivity contribution in [3.63, 3.8) is 0 Å². The van der Waals surface area contributed by atoms with Gasteiger partial charge in [0, 0.05) is 0 Å². The third kappa shape index (κ3) is 15.4. The highest BCUT2D eigenvalue weighted by molar-refractivity contribution is 6.00. The second-order valence-corrected chi connectivity index (χ2v) is 23.2. The van der Waals surface area contributed by atoms with E-state index in [1.165, 1.54) is 143 Å². The van der Waals surface area contributed by atoms with Crippen molar-refractivity contribution in [2.24, 2.45) is 0 Å². The van der Waals surface area contributed by atoms with Gasteiger partial charge >= 0.3 is 0 Å². The van der Waals surface area contributed by atoms with Crippen LogP contribution in [-0.2, 0) is 0 Å². The van der Waals surface area contributed by atoms with E-state index in [2.05, 4.69) is 393 Å². The Morgan fingerprint density at radius 3 is 1.07 bits per heavy atom. The van der Waals surface area contributed by atoms with Crippen LogP contribution in [0.5, 0.6) is 0 Å². The fourth-order valence-corrected chi connectivity index (χ4v) is 11.8. The SMILES string of the molecule is Cc1ccc(-c2ccccc2)c(-c2ccccc2)c1.Cc1ccc2cc3ccccc3cc2c1.Cc1ccc2ccccc2c1.Cc1cccc(-c2ccccc2)c1-c1ccccc1.Cc1cccc2cc3ccccc3cc12.Cc1cccc2ccccc12. The van der Waals surface area contributed by atoms with Crippen LogP contribution in [0.2, 0.25) is 0 Å². The Morgan fingerprint density at radius 1 is 0.156 bits per heavy atom. The van der Waals surface area contributed by atoms with Crippen molar-refractivity contribution < 1.29 is 0 Å². The first kappa shape index (κ1) is 60.8. The average Bonchev–Trinajstić information content (AvgIpc) is 3.14. The quantitative estimate of drug-likeness (QED) is 0.154. The van der Waals surface area contributed by atoms with Gasteiger partial charge in [-0.05, 0) is 192 Å². The molecule has 0 aromatic heterocycles. The molecule has 16 rings (SSSR count). The van der Waals surface area contributed by atoms with Gasteiger partial charge in [0.25, 0.3) is 0 Å². The molecule has 0 heterocycles. The number of fused-ring (bicyclic) bond motifs is 6. The predicted molar refractivity (Wildman–Crippen MR) is 394 cm³/mol. The van der Waals surface area contributed by atoms with E-state index in [1.807, 2.05) is 0 Å². The van der Waals surface area contributed by atoms with Gasteiger partial charge in [0.1, 0.15) is 0 Å². The summed E-state index contributed by atoms with van der Waals surface area (Å²) in [6.07, 6.45) is 0. The van der Waals surface area contributed by atoms with Crippen molar-refractivity contribution in [2.45, 2.75) is 41.5 Å². The summed E-state index contributed by atoms with van der Waals surface area (Å²) in [5.74, 6) is 0. The average molecular weight is 1160 g/mol. The van der Waals surface area contributed by atoms with Crippen molar-refractivity contribution in [3.8, 4) is 44.5 Å². The van der Waals surface area contributed by atoms with Gasteiger partial charge in [-0.25, -0.2) is 0 Å². The normalized spacial score (nSPS) is 10.6. The van der Waals surface area contributed by atoms with Crippen molar-refractivity contribution in [1.82, 2.24) is 0 Å². The van der Waals surface area contributed by atoms with E-state index in [1.54, 1.807) is 0 Å². The summed E-state index contributed by atoms with van der Waals surface area (Å²) < 4.78 is 0. The molecule has 0 bridgehead atoms. The molecule has 0 amide bonds. The molecule has 0 N–H and O–H groups in total. The van der Waals surface area contributed by atoms with Crippen LogP contribution in [0.15, 0.2) is 352 Å². The molecule has 0 aliphatic carbocycles. The fourth-order valence-electron chi connectivity index (χ4n) is 11.8. The Labute approximate surface area is 532 Å². The molecule has 0 unspecified atom stereocenters. The number of benzene rings is 16. The smallest absolute Gasteiger partial charge is 0.00761 e. The second kappa shape index (κ2) is 29.7. The number of hydrogen-bond acceptors (Lipinski definition) is 0. The summed E-state index contributed by atoms with van der Waals surface area (Å²) in [6.45, 7) is 12.9. The second-order valence-electron chi connectivity index (χ2n) is 23.2. The van der Waals surface area contributed by atoms with Gasteiger partial charge in [0.2, 0.25) is 0 Å². The fraction of sp³-hybridized carbons (Fsp3) is 0.0667. The van der Waals surface area contributed by atoms with Crippen LogP contribution >= 0.6 is 0 Å². The molecule has 0 saturated carbocycles. The molecule has 436 valence electrons. The van der Waals surface area contributed by atoms with Crippen LogP contribution in [0.4, 0.5) is 0 Å². The van der Waals surface area contributed by atoms with Crippen molar-refractivity contribution in [3.05, 3.63) is 385 Å². The number of rotatable bonds is 4. The van der Waals surface area contributed by atoms with E-state index < -0.39 is 0 Å². The molecule has 90 heavy (non-hydrogen) atoms. The lowest BCUT2D eigenvalue weighted by molar-refractivity contribution is 1.45. The lowest BCUT2D eigenvalue weighted by atomic mass is 9.91. The van der Waals surface area contributed by atoms with Gasteiger partial charge in [0.15, 0.2) is 0 Å². The van der Waals surface area contributed by atoms with E-state index in [-0.39, 0.29) is 0 Å². The van der Waals surface area contributed by atoms with Gasteiger partial charge in [-0.3, -0.25) is 0 Å². The molecule has 0 spiro atoms. The molecule has 0 aliphatic rings.